The van der Waals surface area contributed by atoms with Gasteiger partial charge in [0.1, 0.15) is 0 Å². The summed E-state index contributed by atoms with van der Waals surface area (Å²) in [5, 5.41) is 8.31. The molecule has 0 aliphatic carbocycles. The highest BCUT2D eigenvalue weighted by Crippen LogP contribution is 2.03. The minimum Gasteiger partial charge on any atom is -0.478 e. The topological polar surface area (TPSA) is 63.6 Å². The summed E-state index contributed by atoms with van der Waals surface area (Å²) in [6.45, 7) is 13.1. The first-order valence-electron chi connectivity index (χ1n) is 6.60. The molecule has 0 saturated carbocycles. The predicted molar refractivity (Wildman–Crippen MR) is 77.0 cm³/mol. The van der Waals surface area contributed by atoms with Gasteiger partial charge in [-0.1, -0.05) is 39.8 Å². The van der Waals surface area contributed by atoms with Crippen LogP contribution >= 0.6 is 0 Å². The lowest BCUT2D eigenvalue weighted by Crippen LogP contribution is -2.05. The third-order valence-corrected chi connectivity index (χ3v) is 2.21. The van der Waals surface area contributed by atoms with Crippen LogP contribution < -0.4 is 0 Å². The average molecular weight is 270 g/mol. The van der Waals surface area contributed by atoms with Crippen molar-refractivity contribution in [3.05, 3.63) is 24.3 Å². The van der Waals surface area contributed by atoms with E-state index in [9.17, 15) is 9.59 Å². The van der Waals surface area contributed by atoms with Crippen molar-refractivity contribution < 1.29 is 19.4 Å². The Labute approximate surface area is 116 Å². The number of carboxylic acid groups (broad SMARTS) is 1. The Balaban J connectivity index is 0. The number of ether oxygens (including phenoxy) is 1. The van der Waals surface area contributed by atoms with E-state index < -0.39 is 5.97 Å². The Bertz CT molecular complexity index is 305. The van der Waals surface area contributed by atoms with Crippen molar-refractivity contribution in [1.82, 2.24) is 0 Å². The smallest absolute Gasteiger partial charge is 0.333 e. The number of hydrogen-bond acceptors (Lipinski definition) is 3. The van der Waals surface area contributed by atoms with Crippen LogP contribution in [0.3, 0.4) is 0 Å². The molecule has 4 heteroatoms. The van der Waals surface area contributed by atoms with Crippen LogP contribution in [-0.4, -0.2) is 23.7 Å². The molecule has 0 radical (unpaired) electrons. The minimum atomic E-state index is -0.872. The number of rotatable bonds is 8. The van der Waals surface area contributed by atoms with Crippen LogP contribution in [0.5, 0.6) is 0 Å². The van der Waals surface area contributed by atoms with E-state index >= 15 is 0 Å². The molecule has 4 nitrogen and oxygen atoms in total. The zero-order valence-corrected chi connectivity index (χ0v) is 12.3. The second kappa shape index (κ2) is 12.9. The molecular formula is C15H26O4. The van der Waals surface area contributed by atoms with E-state index in [4.69, 9.17) is 9.84 Å². The van der Waals surface area contributed by atoms with Crippen LogP contribution in [0.25, 0.3) is 0 Å². The molecule has 0 aromatic carbocycles. The molecule has 0 aliphatic heterocycles. The Morgan fingerprint density at radius 3 is 2.00 bits per heavy atom. The van der Waals surface area contributed by atoms with E-state index in [1.54, 1.807) is 6.92 Å². The summed E-state index contributed by atoms with van der Waals surface area (Å²) in [6, 6.07) is 0. The largest absolute Gasteiger partial charge is 0.478 e. The fourth-order valence-electron chi connectivity index (χ4n) is 0.930. The van der Waals surface area contributed by atoms with Gasteiger partial charge < -0.3 is 9.84 Å². The van der Waals surface area contributed by atoms with Crippen molar-refractivity contribution in [2.45, 2.75) is 52.9 Å². The Morgan fingerprint density at radius 2 is 1.63 bits per heavy atom. The molecule has 0 bridgehead atoms. The molecule has 0 fully saturated rings. The van der Waals surface area contributed by atoms with E-state index in [0.717, 1.165) is 25.7 Å². The molecule has 19 heavy (non-hydrogen) atoms. The van der Waals surface area contributed by atoms with Gasteiger partial charge in [-0.15, -0.1) is 0 Å². The van der Waals surface area contributed by atoms with Gasteiger partial charge >= 0.3 is 11.9 Å². The van der Waals surface area contributed by atoms with Crippen molar-refractivity contribution in [3.8, 4) is 0 Å². The molecule has 0 amide bonds. The summed E-state index contributed by atoms with van der Waals surface area (Å²) in [4.78, 5) is 20.8. The highest BCUT2D eigenvalue weighted by molar-refractivity contribution is 5.86. The van der Waals surface area contributed by atoms with Gasteiger partial charge in [0.2, 0.25) is 0 Å². The van der Waals surface area contributed by atoms with Crippen molar-refractivity contribution in [2.75, 3.05) is 6.61 Å². The van der Waals surface area contributed by atoms with Crippen LogP contribution in [-0.2, 0) is 14.3 Å². The number of esters is 1. The summed E-state index contributed by atoms with van der Waals surface area (Å²) in [7, 11) is 0. The highest BCUT2D eigenvalue weighted by atomic mass is 16.5. The highest BCUT2D eigenvalue weighted by Gasteiger charge is 2.01. The maximum absolute atomic E-state index is 10.7. The number of carboxylic acids is 1. The molecule has 0 spiro atoms. The summed E-state index contributed by atoms with van der Waals surface area (Å²) < 4.78 is 4.81. The van der Waals surface area contributed by atoms with Gasteiger partial charge in [0.05, 0.1) is 6.61 Å². The Kier molecular flexibility index (Phi) is 13.4. The molecular weight excluding hydrogens is 244 g/mol. The van der Waals surface area contributed by atoms with Gasteiger partial charge in [-0.2, -0.15) is 0 Å². The third-order valence-electron chi connectivity index (χ3n) is 2.21. The Hall–Kier alpha value is -1.58. The van der Waals surface area contributed by atoms with Crippen molar-refractivity contribution in [1.29, 1.82) is 0 Å². The van der Waals surface area contributed by atoms with Crippen LogP contribution in [0, 0.1) is 0 Å². The Morgan fingerprint density at radius 1 is 1.11 bits per heavy atom. The van der Waals surface area contributed by atoms with Crippen LogP contribution in [0.15, 0.2) is 24.3 Å². The third kappa shape index (κ3) is 14.4. The lowest BCUT2D eigenvalue weighted by atomic mass is 10.1. The normalized spacial score (nSPS) is 9.00. The van der Waals surface area contributed by atoms with Crippen LogP contribution in [0.2, 0.25) is 0 Å². The summed E-state index contributed by atoms with van der Waals surface area (Å²) >= 11 is 0. The summed E-state index contributed by atoms with van der Waals surface area (Å²) in [5.74, 6) is -1.16. The quantitative estimate of drug-likeness (QED) is 0.415. The molecule has 110 valence electrons. The molecule has 0 aliphatic rings. The molecule has 0 unspecified atom stereocenters. The maximum atomic E-state index is 10.7. The standard InChI is InChI=1S/C8H14O2.C7H12O2/c1-4-5-6-10-8(9)7(2)3;1-3-4-5-6(2)7(8)9/h2,4-6H2,1,3H3;2-5H2,1H3,(H,8,9). The zero-order chi connectivity index (χ0) is 15.3. The lowest BCUT2D eigenvalue weighted by molar-refractivity contribution is -0.139. The van der Waals surface area contributed by atoms with Gasteiger partial charge in [-0.3, -0.25) is 0 Å². The van der Waals surface area contributed by atoms with E-state index in [1.807, 2.05) is 6.92 Å². The zero-order valence-electron chi connectivity index (χ0n) is 12.3. The molecule has 0 heterocycles. The SMILES string of the molecule is C=C(C)C(=O)OCCCC.C=C(CCCC)C(=O)O. The number of unbranched alkanes of at least 4 members (excludes halogenated alkanes) is 2. The van der Waals surface area contributed by atoms with Crippen molar-refractivity contribution in [3.63, 3.8) is 0 Å². The van der Waals surface area contributed by atoms with Gasteiger partial charge in [0.25, 0.3) is 0 Å². The van der Waals surface area contributed by atoms with Crippen LogP contribution in [0.4, 0.5) is 0 Å². The first-order valence-corrected chi connectivity index (χ1v) is 6.60. The van der Waals surface area contributed by atoms with E-state index in [2.05, 4.69) is 20.1 Å². The fourth-order valence-corrected chi connectivity index (χ4v) is 0.930. The van der Waals surface area contributed by atoms with Gasteiger partial charge in [-0.25, -0.2) is 9.59 Å². The van der Waals surface area contributed by atoms with E-state index in [0.29, 0.717) is 24.2 Å². The minimum absolute atomic E-state index is 0.284. The second-order valence-electron chi connectivity index (χ2n) is 4.28. The average Bonchev–Trinajstić information content (AvgIpc) is 2.36. The summed E-state index contributed by atoms with van der Waals surface area (Å²) in [5.41, 5.74) is 0.785. The molecule has 0 aromatic heterocycles. The van der Waals surface area contributed by atoms with Crippen LogP contribution in [0.1, 0.15) is 52.9 Å². The number of carbonyl (C=O) groups excluding carboxylic acids is 1. The second-order valence-corrected chi connectivity index (χ2v) is 4.28. The number of hydrogen-bond donors (Lipinski definition) is 1. The van der Waals surface area contributed by atoms with Crippen molar-refractivity contribution in [2.24, 2.45) is 0 Å². The molecule has 0 saturated heterocycles. The lowest BCUT2D eigenvalue weighted by Gasteiger charge is -2.01. The molecule has 0 aromatic rings. The molecule has 0 atom stereocenters. The first-order chi connectivity index (χ1) is 8.86. The van der Waals surface area contributed by atoms with Crippen molar-refractivity contribution >= 4 is 11.9 Å². The predicted octanol–water partition coefficient (Wildman–Crippen LogP) is 3.72. The van der Waals surface area contributed by atoms with Gasteiger partial charge in [0, 0.05) is 11.1 Å². The van der Waals surface area contributed by atoms with E-state index in [-0.39, 0.29) is 5.97 Å². The first kappa shape index (κ1) is 19.8. The molecule has 1 N–H and O–H groups in total. The van der Waals surface area contributed by atoms with Gasteiger partial charge in [0.15, 0.2) is 0 Å². The number of carbonyl (C=O) groups is 2. The van der Waals surface area contributed by atoms with E-state index in [1.165, 1.54) is 0 Å². The molecule has 0 rings (SSSR count). The van der Waals surface area contributed by atoms with Gasteiger partial charge in [-0.05, 0) is 26.2 Å². The summed E-state index contributed by atoms with van der Waals surface area (Å²) in [6.07, 6.45) is 4.53. The monoisotopic (exact) mass is 270 g/mol. The maximum Gasteiger partial charge on any atom is 0.333 e. The number of aliphatic carboxylic acids is 1. The fraction of sp³-hybridized carbons (Fsp3) is 0.600.